The number of benzene rings is 1. The molecular formula is C22H27F2N7O. The lowest BCUT2D eigenvalue weighted by atomic mass is 10.0. The van der Waals surface area contributed by atoms with Gasteiger partial charge in [0.1, 0.15) is 11.6 Å². The van der Waals surface area contributed by atoms with Gasteiger partial charge in [-0.15, -0.1) is 0 Å². The van der Waals surface area contributed by atoms with E-state index in [2.05, 4.69) is 33.9 Å². The summed E-state index contributed by atoms with van der Waals surface area (Å²) in [4.78, 5) is 18.0. The van der Waals surface area contributed by atoms with Gasteiger partial charge in [-0.05, 0) is 26.0 Å². The van der Waals surface area contributed by atoms with E-state index in [0.29, 0.717) is 43.2 Å². The van der Waals surface area contributed by atoms with Crippen molar-refractivity contribution < 1.29 is 13.5 Å². The van der Waals surface area contributed by atoms with Crippen molar-refractivity contribution in [1.82, 2.24) is 24.8 Å². The number of nitrogens with zero attached hydrogens (tertiary/aromatic N) is 6. The van der Waals surface area contributed by atoms with Crippen molar-refractivity contribution in [3.8, 4) is 5.95 Å². The van der Waals surface area contributed by atoms with Crippen LogP contribution in [-0.2, 0) is 4.74 Å². The van der Waals surface area contributed by atoms with Gasteiger partial charge in [-0.3, -0.25) is 4.57 Å². The van der Waals surface area contributed by atoms with E-state index >= 15 is 0 Å². The van der Waals surface area contributed by atoms with Crippen LogP contribution in [0.3, 0.4) is 0 Å². The third-order valence-corrected chi connectivity index (χ3v) is 5.90. The van der Waals surface area contributed by atoms with Gasteiger partial charge in [-0.25, -0.2) is 13.8 Å². The zero-order valence-corrected chi connectivity index (χ0v) is 18.3. The molecule has 32 heavy (non-hydrogen) atoms. The topological polar surface area (TPSA) is 71.3 Å². The number of anilines is 2. The summed E-state index contributed by atoms with van der Waals surface area (Å²) in [5.41, 5.74) is 0.972. The van der Waals surface area contributed by atoms with Crippen LogP contribution in [0.15, 0.2) is 30.3 Å². The Kier molecular flexibility index (Phi) is 5.42. The molecule has 2 aliphatic rings. The molecule has 1 aromatic carbocycles. The number of halogens is 2. The highest BCUT2D eigenvalue weighted by atomic mass is 19.3. The summed E-state index contributed by atoms with van der Waals surface area (Å²) >= 11 is 0. The van der Waals surface area contributed by atoms with Crippen molar-refractivity contribution in [2.24, 2.45) is 0 Å². The van der Waals surface area contributed by atoms with Crippen molar-refractivity contribution in [1.29, 1.82) is 0 Å². The van der Waals surface area contributed by atoms with Gasteiger partial charge in [0, 0.05) is 44.3 Å². The van der Waals surface area contributed by atoms with Crippen molar-refractivity contribution in [2.75, 3.05) is 55.7 Å². The van der Waals surface area contributed by atoms with Crippen LogP contribution < -0.4 is 15.1 Å². The first-order valence-electron chi connectivity index (χ1n) is 10.9. The van der Waals surface area contributed by atoms with Crippen molar-refractivity contribution in [3.63, 3.8) is 0 Å². The second-order valence-electron chi connectivity index (χ2n) is 8.81. The second kappa shape index (κ2) is 8.25. The molecule has 2 saturated heterocycles. The van der Waals surface area contributed by atoms with Gasteiger partial charge in [-0.1, -0.05) is 12.1 Å². The standard InChI is InChI=1S/C22H27F2N7O/c1-22(2)14-30(8-7-25-22)18-13-17(29-9-11-32-12-10-29)27-21(28-18)31-16-6-4-3-5-15(16)26-20(31)19(23)24/h3-6,13,19,25H,7-12,14H2,1-2H3. The fourth-order valence-corrected chi connectivity index (χ4v) is 4.36. The third kappa shape index (κ3) is 4.00. The van der Waals surface area contributed by atoms with E-state index < -0.39 is 6.43 Å². The highest BCUT2D eigenvalue weighted by molar-refractivity contribution is 5.78. The van der Waals surface area contributed by atoms with E-state index in [-0.39, 0.29) is 17.3 Å². The average molecular weight is 444 g/mol. The van der Waals surface area contributed by atoms with Gasteiger partial charge in [0.25, 0.3) is 6.43 Å². The minimum atomic E-state index is -2.75. The number of aromatic nitrogens is 4. The molecule has 10 heteroatoms. The second-order valence-corrected chi connectivity index (χ2v) is 8.81. The predicted octanol–water partition coefficient (Wildman–Crippen LogP) is 2.78. The zero-order chi connectivity index (χ0) is 22.3. The summed E-state index contributed by atoms with van der Waals surface area (Å²) in [5, 5.41) is 3.50. The minimum absolute atomic E-state index is 0.0850. The lowest BCUT2D eigenvalue weighted by Gasteiger charge is -2.40. The summed E-state index contributed by atoms with van der Waals surface area (Å²) in [7, 11) is 0. The minimum Gasteiger partial charge on any atom is -0.378 e. The number of piperazine rings is 1. The number of rotatable bonds is 4. The molecule has 2 aromatic heterocycles. The highest BCUT2D eigenvalue weighted by Crippen LogP contribution is 2.30. The smallest absolute Gasteiger partial charge is 0.296 e. The Labute approximate surface area is 185 Å². The maximum Gasteiger partial charge on any atom is 0.296 e. The van der Waals surface area contributed by atoms with E-state index in [4.69, 9.17) is 14.7 Å². The van der Waals surface area contributed by atoms with Crippen LogP contribution in [0.1, 0.15) is 26.1 Å². The summed E-state index contributed by atoms with van der Waals surface area (Å²) in [6.07, 6.45) is -2.75. The predicted molar refractivity (Wildman–Crippen MR) is 119 cm³/mol. The Morgan fingerprint density at radius 2 is 1.72 bits per heavy atom. The first-order valence-corrected chi connectivity index (χ1v) is 10.9. The van der Waals surface area contributed by atoms with E-state index in [0.717, 1.165) is 25.5 Å². The molecule has 2 fully saturated rings. The average Bonchev–Trinajstić information content (AvgIpc) is 3.19. The molecule has 8 nitrogen and oxygen atoms in total. The van der Waals surface area contributed by atoms with E-state index in [1.54, 1.807) is 24.3 Å². The third-order valence-electron chi connectivity index (χ3n) is 5.90. The largest absolute Gasteiger partial charge is 0.378 e. The summed E-state index contributed by atoms with van der Waals surface area (Å²) in [6, 6.07) is 9.04. The Balaban J connectivity index is 1.67. The van der Waals surface area contributed by atoms with Gasteiger partial charge in [0.05, 0.1) is 24.2 Å². The molecule has 5 rings (SSSR count). The molecule has 0 aliphatic carbocycles. The van der Waals surface area contributed by atoms with Crippen LogP contribution >= 0.6 is 0 Å². The first-order chi connectivity index (χ1) is 15.4. The van der Waals surface area contributed by atoms with Crippen LogP contribution in [0.2, 0.25) is 0 Å². The Morgan fingerprint density at radius 3 is 2.44 bits per heavy atom. The summed E-state index contributed by atoms with van der Waals surface area (Å²) in [5.74, 6) is 1.30. The summed E-state index contributed by atoms with van der Waals surface area (Å²) < 4.78 is 34.8. The SMILES string of the molecule is CC1(C)CN(c2cc(N3CCOCC3)nc(-n3c(C(F)F)nc4ccccc43)n2)CCN1. The maximum atomic E-state index is 14.0. The van der Waals surface area contributed by atoms with Gasteiger partial charge >= 0.3 is 0 Å². The molecular weight excluding hydrogens is 416 g/mol. The molecule has 1 N–H and O–H groups in total. The van der Waals surface area contributed by atoms with Crippen LogP contribution in [-0.4, -0.2) is 71.0 Å². The van der Waals surface area contributed by atoms with Crippen LogP contribution in [0.5, 0.6) is 0 Å². The number of imidazole rings is 1. The Morgan fingerprint density at radius 1 is 1.00 bits per heavy atom. The van der Waals surface area contributed by atoms with Gasteiger partial charge < -0.3 is 19.9 Å². The quantitative estimate of drug-likeness (QED) is 0.665. The van der Waals surface area contributed by atoms with Crippen molar-refractivity contribution >= 4 is 22.7 Å². The number of nitrogens with one attached hydrogen (secondary N) is 1. The lowest BCUT2D eigenvalue weighted by molar-refractivity contribution is 0.122. The number of hydrogen-bond acceptors (Lipinski definition) is 7. The molecule has 0 atom stereocenters. The number of alkyl halides is 2. The molecule has 0 radical (unpaired) electrons. The molecule has 0 spiro atoms. The maximum absolute atomic E-state index is 14.0. The number of fused-ring (bicyclic) bond motifs is 1. The van der Waals surface area contributed by atoms with E-state index in [1.807, 2.05) is 6.07 Å². The van der Waals surface area contributed by atoms with Gasteiger partial charge in [0.15, 0.2) is 5.82 Å². The Bertz CT molecular complexity index is 1110. The van der Waals surface area contributed by atoms with Gasteiger partial charge in [0.2, 0.25) is 5.95 Å². The number of hydrogen-bond donors (Lipinski definition) is 1. The van der Waals surface area contributed by atoms with Crippen molar-refractivity contribution in [2.45, 2.75) is 25.8 Å². The molecule has 0 unspecified atom stereocenters. The monoisotopic (exact) mass is 443 g/mol. The normalized spacial score (nSPS) is 19.2. The number of para-hydroxylation sites is 2. The Hall–Kier alpha value is -2.85. The fraction of sp³-hybridized carbons (Fsp3) is 0.500. The molecule has 0 saturated carbocycles. The highest BCUT2D eigenvalue weighted by Gasteiger charge is 2.29. The fourth-order valence-electron chi connectivity index (χ4n) is 4.36. The molecule has 0 bridgehead atoms. The van der Waals surface area contributed by atoms with Crippen molar-refractivity contribution in [3.05, 3.63) is 36.2 Å². The molecule has 2 aliphatic heterocycles. The van der Waals surface area contributed by atoms with E-state index in [9.17, 15) is 8.78 Å². The zero-order valence-electron chi connectivity index (χ0n) is 18.3. The lowest BCUT2D eigenvalue weighted by Crippen LogP contribution is -2.57. The molecule has 170 valence electrons. The molecule has 4 heterocycles. The van der Waals surface area contributed by atoms with Gasteiger partial charge in [-0.2, -0.15) is 9.97 Å². The van der Waals surface area contributed by atoms with Crippen LogP contribution in [0, 0.1) is 0 Å². The van der Waals surface area contributed by atoms with Crippen LogP contribution in [0.25, 0.3) is 17.0 Å². The van der Waals surface area contributed by atoms with E-state index in [1.165, 1.54) is 4.57 Å². The number of morpholine rings is 1. The molecule has 3 aromatic rings. The summed E-state index contributed by atoms with van der Waals surface area (Å²) in [6.45, 7) is 9.20. The molecule has 0 amide bonds. The first kappa shape index (κ1) is 21.0. The van der Waals surface area contributed by atoms with Crippen LogP contribution in [0.4, 0.5) is 20.4 Å². The number of ether oxygens (including phenoxy) is 1.